The molecule has 0 atom stereocenters. The highest BCUT2D eigenvalue weighted by molar-refractivity contribution is 6.12. The number of hydrogen-bond acceptors (Lipinski definition) is 4. The van der Waals surface area contributed by atoms with Crippen molar-refractivity contribution < 1.29 is 8.83 Å². The van der Waals surface area contributed by atoms with Crippen molar-refractivity contribution >= 4 is 93.9 Å². The van der Waals surface area contributed by atoms with E-state index >= 15 is 0 Å². The van der Waals surface area contributed by atoms with Crippen LogP contribution in [0.15, 0.2) is 282 Å². The van der Waals surface area contributed by atoms with E-state index in [0.717, 1.165) is 78.1 Å². The van der Waals surface area contributed by atoms with E-state index in [9.17, 15) is 0 Å². The van der Waals surface area contributed by atoms with Gasteiger partial charge in [0.05, 0.1) is 11.4 Å². The number of para-hydroxylation sites is 4. The van der Waals surface area contributed by atoms with Crippen LogP contribution in [0, 0.1) is 27.7 Å². The fourth-order valence-corrected chi connectivity index (χ4v) is 10.9. The molecule has 0 N–H and O–H groups in total. The van der Waals surface area contributed by atoms with Gasteiger partial charge >= 0.3 is 0 Å². The van der Waals surface area contributed by atoms with E-state index in [1.165, 1.54) is 60.3 Å². The number of furan rings is 2. The fraction of sp³-hybridized carbons (Fsp3) is 0.0909. The zero-order chi connectivity index (χ0) is 55.8. The molecule has 0 saturated carbocycles. The number of fused-ring (bicyclic) bond motifs is 7. The number of nitrogens with zero attached hydrogens (tertiary/aromatic N) is 2. The first-order valence-corrected chi connectivity index (χ1v) is 28.0. The molecule has 0 fully saturated rings. The molecule has 12 aromatic carbocycles. The van der Waals surface area contributed by atoms with Crippen LogP contribution in [-0.4, -0.2) is 7.05 Å². The topological polar surface area (TPSA) is 32.8 Å². The average Bonchev–Trinajstić information content (AvgIpc) is 4.18. The van der Waals surface area contributed by atoms with Crippen molar-refractivity contribution in [2.24, 2.45) is 0 Å². The number of anilines is 5. The van der Waals surface area contributed by atoms with Crippen molar-refractivity contribution in [3.05, 3.63) is 295 Å². The number of hydrogen-bond donors (Lipinski definition) is 0. The van der Waals surface area contributed by atoms with E-state index in [1.54, 1.807) is 0 Å². The summed E-state index contributed by atoms with van der Waals surface area (Å²) in [5.74, 6) is 0. The summed E-state index contributed by atoms with van der Waals surface area (Å²) in [6, 6.07) is 96.2. The molecule has 0 aliphatic carbocycles. The largest absolute Gasteiger partial charge is 0.454 e. The van der Waals surface area contributed by atoms with Crippen LogP contribution in [0.1, 0.15) is 36.1 Å². The van der Waals surface area contributed by atoms with Gasteiger partial charge in [0.1, 0.15) is 11.2 Å². The predicted molar refractivity (Wildman–Crippen MR) is 348 cm³/mol. The molecule has 0 saturated heterocycles. The van der Waals surface area contributed by atoms with Gasteiger partial charge < -0.3 is 18.6 Å². The summed E-state index contributed by atoms with van der Waals surface area (Å²) in [4.78, 5) is 4.51. The lowest BCUT2D eigenvalue weighted by Gasteiger charge is -2.25. The Morgan fingerprint density at radius 2 is 0.654 bits per heavy atom. The first-order chi connectivity index (χ1) is 39.8. The van der Waals surface area contributed by atoms with E-state index in [-0.39, 0.29) is 0 Å². The number of benzene rings is 11. The highest BCUT2D eigenvalue weighted by Crippen LogP contribution is 2.44. The van der Waals surface area contributed by atoms with Crippen LogP contribution in [-0.2, 0) is 0 Å². The standard InChI is InChI=1S/C42H31NO.C26H21NO.C7H8.C2H6/c1-28-10-6-17-37-38-18-9-19-39(42(38)44-41(28)37)43(36-26-23-32(24-27-36)31-11-4-3-5-12-31)35-16-8-15-33-13-7-14-34-21-20-30(22-25-35)29(2)40(33)34;1-18-8-6-11-22-23-12-7-13-24(26(23)28-25(18)22)27(2)21-16-14-20(15-17-21)19-9-4-3-5-10-19;1-7-5-3-2-4-6-7;1-2/h3-27H,1-2H3;3-17H,1-2H3;2-6H,1H3;1-2H3. The zero-order valence-electron chi connectivity index (χ0n) is 47.2. The van der Waals surface area contributed by atoms with Gasteiger partial charge in [-0.05, 0) is 137 Å². The van der Waals surface area contributed by atoms with Crippen molar-refractivity contribution in [3.63, 3.8) is 0 Å². The third kappa shape index (κ3) is 11.0. The van der Waals surface area contributed by atoms with Crippen LogP contribution < -0.4 is 9.80 Å². The quantitative estimate of drug-likeness (QED) is 0.159. The van der Waals surface area contributed by atoms with Crippen LogP contribution in [0.3, 0.4) is 0 Å². The second-order valence-electron chi connectivity index (χ2n) is 20.3. The van der Waals surface area contributed by atoms with Crippen molar-refractivity contribution in [3.8, 4) is 22.3 Å². The Labute approximate surface area is 476 Å². The third-order valence-electron chi connectivity index (χ3n) is 15.2. The molecular weight excluding hydrogens is 985 g/mol. The van der Waals surface area contributed by atoms with Crippen LogP contribution in [0.5, 0.6) is 0 Å². The first-order valence-electron chi connectivity index (χ1n) is 28.0. The molecule has 2 heterocycles. The van der Waals surface area contributed by atoms with Crippen LogP contribution in [0.2, 0.25) is 0 Å². The lowest BCUT2D eigenvalue weighted by Crippen LogP contribution is -2.09. The summed E-state index contributed by atoms with van der Waals surface area (Å²) in [5.41, 5.74) is 18.7. The summed E-state index contributed by atoms with van der Waals surface area (Å²) in [6.45, 7) is 12.5. The first kappa shape index (κ1) is 53.1. The zero-order valence-corrected chi connectivity index (χ0v) is 47.2. The van der Waals surface area contributed by atoms with Crippen LogP contribution in [0.4, 0.5) is 28.4 Å². The maximum atomic E-state index is 6.68. The highest BCUT2D eigenvalue weighted by Gasteiger charge is 2.20. The molecular formula is C77H66N2O2. The monoisotopic (exact) mass is 1050 g/mol. The van der Waals surface area contributed by atoms with E-state index in [4.69, 9.17) is 8.83 Å². The SMILES string of the molecule is CC.Cc1cccc2c1oc1c(N(C)c3ccc(-c4ccccc4)cc3)cccc12.Cc1cccc2c1oc1c(N(c3ccc(-c4ccccc4)cc3)c3cccc4cccc5ccc(cc3)c(C)c45)cccc12.Cc1ccccc1. The molecule has 396 valence electrons. The van der Waals surface area contributed by atoms with E-state index in [0.29, 0.717) is 0 Å². The Morgan fingerprint density at radius 1 is 0.284 bits per heavy atom. The van der Waals surface area contributed by atoms with Gasteiger partial charge in [-0.3, -0.25) is 0 Å². The van der Waals surface area contributed by atoms with Gasteiger partial charge in [-0.15, -0.1) is 0 Å². The smallest absolute Gasteiger partial charge is 0.159 e. The molecule has 2 aromatic heterocycles. The summed E-state index contributed by atoms with van der Waals surface area (Å²) < 4.78 is 13.0. The van der Waals surface area contributed by atoms with E-state index < -0.39 is 0 Å². The molecule has 0 aliphatic heterocycles. The molecule has 0 radical (unpaired) electrons. The summed E-state index contributed by atoms with van der Waals surface area (Å²) in [6.07, 6.45) is 0. The van der Waals surface area contributed by atoms with Crippen molar-refractivity contribution in [1.29, 1.82) is 0 Å². The van der Waals surface area contributed by atoms with Crippen molar-refractivity contribution in [2.45, 2.75) is 41.5 Å². The van der Waals surface area contributed by atoms with Crippen molar-refractivity contribution in [2.75, 3.05) is 16.8 Å². The maximum absolute atomic E-state index is 6.68. The van der Waals surface area contributed by atoms with Gasteiger partial charge in [0, 0.05) is 45.7 Å². The average molecular weight is 1050 g/mol. The Hall–Kier alpha value is -9.90. The molecule has 0 amide bonds. The minimum absolute atomic E-state index is 0.877. The minimum atomic E-state index is 0.877. The molecule has 2 bridgehead atoms. The molecule has 0 unspecified atom stereocenters. The Kier molecular flexibility index (Phi) is 15.7. The molecule has 0 spiro atoms. The normalized spacial score (nSPS) is 10.9. The Balaban J connectivity index is 0.000000158. The second kappa shape index (κ2) is 24.0. The van der Waals surface area contributed by atoms with Crippen LogP contribution >= 0.6 is 0 Å². The summed E-state index contributed by atoms with van der Waals surface area (Å²) in [7, 11) is 2.09. The molecule has 4 nitrogen and oxygen atoms in total. The fourth-order valence-electron chi connectivity index (χ4n) is 10.9. The highest BCUT2D eigenvalue weighted by atomic mass is 16.3. The molecule has 14 rings (SSSR count). The molecule has 0 aliphatic rings. The minimum Gasteiger partial charge on any atom is -0.454 e. The Bertz CT molecular complexity index is 4460. The lowest BCUT2D eigenvalue weighted by molar-refractivity contribution is 0.665. The third-order valence-corrected chi connectivity index (χ3v) is 15.2. The van der Waals surface area contributed by atoms with Gasteiger partial charge in [0.2, 0.25) is 0 Å². The molecule has 14 aromatic rings. The Morgan fingerprint density at radius 3 is 1.17 bits per heavy atom. The van der Waals surface area contributed by atoms with Crippen molar-refractivity contribution in [1.82, 2.24) is 0 Å². The van der Waals surface area contributed by atoms with Crippen LogP contribution in [0.25, 0.3) is 87.7 Å². The lowest BCUT2D eigenvalue weighted by atomic mass is 9.99. The number of aryl methyl sites for hydroxylation is 4. The van der Waals surface area contributed by atoms with Gasteiger partial charge in [-0.2, -0.15) is 0 Å². The second-order valence-corrected chi connectivity index (χ2v) is 20.3. The molecule has 4 heteroatoms. The summed E-state index contributed by atoms with van der Waals surface area (Å²) in [5, 5.41) is 9.58. The summed E-state index contributed by atoms with van der Waals surface area (Å²) >= 11 is 0. The number of rotatable bonds is 7. The molecule has 81 heavy (non-hydrogen) atoms. The van der Waals surface area contributed by atoms with E-state index in [1.807, 2.05) is 38.1 Å². The van der Waals surface area contributed by atoms with Gasteiger partial charge in [0.25, 0.3) is 0 Å². The van der Waals surface area contributed by atoms with Gasteiger partial charge in [-0.1, -0.05) is 244 Å². The van der Waals surface area contributed by atoms with E-state index in [2.05, 4.69) is 293 Å². The van der Waals surface area contributed by atoms with Gasteiger partial charge in [0.15, 0.2) is 11.2 Å². The predicted octanol–water partition coefficient (Wildman–Crippen LogP) is 22.6. The van der Waals surface area contributed by atoms with Gasteiger partial charge in [-0.25, -0.2) is 0 Å². The maximum Gasteiger partial charge on any atom is 0.159 e.